The third-order valence-corrected chi connectivity index (χ3v) is 5.52. The van der Waals surface area contributed by atoms with Gasteiger partial charge in [-0.2, -0.15) is 0 Å². The van der Waals surface area contributed by atoms with Crippen molar-refractivity contribution in [3.05, 3.63) is 97.8 Å². The van der Waals surface area contributed by atoms with Gasteiger partial charge in [-0.25, -0.2) is 9.59 Å². The first-order valence-corrected chi connectivity index (χ1v) is 9.91. The number of benzene rings is 3. The zero-order valence-electron chi connectivity index (χ0n) is 15.2. The summed E-state index contributed by atoms with van der Waals surface area (Å²) in [5.41, 5.74) is 2.28. The average Bonchev–Trinajstić information content (AvgIpc) is 2.69. The normalized spacial score (nSPS) is 10.9. The highest BCUT2D eigenvalue weighted by Crippen LogP contribution is 2.30. The van der Waals surface area contributed by atoms with Crippen molar-refractivity contribution in [1.82, 2.24) is 0 Å². The number of carbonyl (C=O) groups is 1. The van der Waals surface area contributed by atoms with Gasteiger partial charge >= 0.3 is 11.6 Å². The molecule has 1 aromatic heterocycles. The number of carbonyl (C=O) groups excluding carboxylic acids is 1. The van der Waals surface area contributed by atoms with E-state index in [1.54, 1.807) is 60.7 Å². The number of aryl methyl sites for hydroxylation is 1. The topological polar surface area (TPSA) is 56.5 Å². The molecule has 0 aliphatic carbocycles. The lowest BCUT2D eigenvalue weighted by Crippen LogP contribution is -2.09. The molecule has 29 heavy (non-hydrogen) atoms. The molecule has 0 aliphatic heterocycles. The lowest BCUT2D eigenvalue weighted by atomic mass is 10.00. The van der Waals surface area contributed by atoms with Crippen molar-refractivity contribution in [3.63, 3.8) is 0 Å². The van der Waals surface area contributed by atoms with Crippen LogP contribution in [0.4, 0.5) is 0 Å². The van der Waals surface area contributed by atoms with Gasteiger partial charge in [-0.05, 0) is 70.4 Å². The number of halogens is 2. The average molecular weight is 470 g/mol. The van der Waals surface area contributed by atoms with Crippen LogP contribution in [0, 0.1) is 6.92 Å². The Morgan fingerprint density at radius 1 is 1.03 bits per heavy atom. The molecular weight excluding hydrogens is 456 g/mol. The number of hydrogen-bond donors (Lipinski definition) is 0. The van der Waals surface area contributed by atoms with Crippen LogP contribution in [0.3, 0.4) is 0 Å². The van der Waals surface area contributed by atoms with Crippen LogP contribution in [0.15, 0.2) is 80.4 Å². The van der Waals surface area contributed by atoms with Crippen LogP contribution in [0.1, 0.15) is 15.9 Å². The molecule has 0 bridgehead atoms. The quantitative estimate of drug-likeness (QED) is 0.198. The Hall–Kier alpha value is -2.89. The van der Waals surface area contributed by atoms with E-state index >= 15 is 0 Å². The van der Waals surface area contributed by atoms with Crippen LogP contribution in [-0.4, -0.2) is 5.97 Å². The summed E-state index contributed by atoms with van der Waals surface area (Å²) in [6.07, 6.45) is 0. The van der Waals surface area contributed by atoms with Crippen LogP contribution in [0.2, 0.25) is 5.02 Å². The second-order valence-electron chi connectivity index (χ2n) is 6.42. The molecule has 0 saturated heterocycles. The molecule has 1 heterocycles. The molecule has 4 rings (SSSR count). The molecule has 6 heteroatoms. The Labute approximate surface area is 179 Å². The molecule has 0 fully saturated rings. The zero-order valence-corrected chi connectivity index (χ0v) is 17.6. The molecule has 144 valence electrons. The highest BCUT2D eigenvalue weighted by atomic mass is 79.9. The van der Waals surface area contributed by atoms with E-state index in [-0.39, 0.29) is 0 Å². The predicted octanol–water partition coefficient (Wildman–Crippen LogP) is 6.40. The van der Waals surface area contributed by atoms with Crippen LogP contribution in [-0.2, 0) is 0 Å². The number of hydrogen-bond acceptors (Lipinski definition) is 4. The molecule has 0 radical (unpaired) electrons. The van der Waals surface area contributed by atoms with Crippen LogP contribution >= 0.6 is 27.5 Å². The molecule has 0 saturated carbocycles. The van der Waals surface area contributed by atoms with E-state index in [9.17, 15) is 9.59 Å². The van der Waals surface area contributed by atoms with Gasteiger partial charge in [0, 0.05) is 20.9 Å². The molecular formula is C23H14BrClO4. The third-order valence-electron chi connectivity index (χ3n) is 4.58. The summed E-state index contributed by atoms with van der Waals surface area (Å²) in [6, 6.07) is 19.0. The minimum atomic E-state index is -0.506. The van der Waals surface area contributed by atoms with E-state index in [1.807, 2.05) is 13.0 Å². The van der Waals surface area contributed by atoms with E-state index in [0.29, 0.717) is 32.0 Å². The summed E-state index contributed by atoms with van der Waals surface area (Å²) in [4.78, 5) is 25.0. The predicted molar refractivity (Wildman–Crippen MR) is 117 cm³/mol. The Kier molecular flexibility index (Phi) is 5.26. The van der Waals surface area contributed by atoms with Gasteiger partial charge in [0.05, 0.1) is 11.1 Å². The third kappa shape index (κ3) is 3.84. The Morgan fingerprint density at radius 2 is 1.76 bits per heavy atom. The highest BCUT2D eigenvalue weighted by molar-refractivity contribution is 9.10. The van der Waals surface area contributed by atoms with Gasteiger partial charge in [-0.3, -0.25) is 0 Å². The van der Waals surface area contributed by atoms with E-state index in [4.69, 9.17) is 20.8 Å². The lowest BCUT2D eigenvalue weighted by Gasteiger charge is -2.10. The molecule has 0 spiro atoms. The molecule has 0 aliphatic rings. The summed E-state index contributed by atoms with van der Waals surface area (Å²) in [6.45, 7) is 1.86. The monoisotopic (exact) mass is 468 g/mol. The minimum Gasteiger partial charge on any atom is -0.423 e. The van der Waals surface area contributed by atoms with Crippen molar-refractivity contribution >= 4 is 44.5 Å². The first kappa shape index (κ1) is 19.4. The number of fused-ring (bicyclic) bond motifs is 1. The van der Waals surface area contributed by atoms with Gasteiger partial charge in [0.2, 0.25) is 0 Å². The highest BCUT2D eigenvalue weighted by Gasteiger charge is 2.16. The molecule has 0 amide bonds. The number of rotatable bonds is 3. The molecule has 0 unspecified atom stereocenters. The smallest absolute Gasteiger partial charge is 0.344 e. The fourth-order valence-electron chi connectivity index (χ4n) is 3.14. The Balaban J connectivity index is 1.73. The van der Waals surface area contributed by atoms with Gasteiger partial charge < -0.3 is 9.15 Å². The van der Waals surface area contributed by atoms with E-state index < -0.39 is 11.6 Å². The van der Waals surface area contributed by atoms with Crippen molar-refractivity contribution in [2.45, 2.75) is 6.92 Å². The van der Waals surface area contributed by atoms with Crippen LogP contribution in [0.25, 0.3) is 22.1 Å². The molecule has 0 N–H and O–H groups in total. The van der Waals surface area contributed by atoms with Crippen molar-refractivity contribution < 1.29 is 13.9 Å². The maximum atomic E-state index is 12.6. The second-order valence-corrected chi connectivity index (χ2v) is 7.71. The van der Waals surface area contributed by atoms with Crippen LogP contribution < -0.4 is 10.4 Å². The standard InChI is InChI=1S/C23H14BrClO4/c1-13-17-11-10-16(28-22(26)18-4-2-3-5-19(18)24)12-20(17)29-23(27)21(13)14-6-8-15(25)9-7-14/h2-12H,1H3. The largest absolute Gasteiger partial charge is 0.423 e. The van der Waals surface area contributed by atoms with Crippen molar-refractivity contribution in [1.29, 1.82) is 0 Å². The van der Waals surface area contributed by atoms with Gasteiger partial charge in [0.25, 0.3) is 0 Å². The van der Waals surface area contributed by atoms with Crippen LogP contribution in [0.5, 0.6) is 5.75 Å². The first-order valence-electron chi connectivity index (χ1n) is 8.74. The summed E-state index contributed by atoms with van der Waals surface area (Å²) in [7, 11) is 0. The summed E-state index contributed by atoms with van der Waals surface area (Å²) >= 11 is 9.28. The van der Waals surface area contributed by atoms with E-state index in [2.05, 4.69) is 15.9 Å². The fraction of sp³-hybridized carbons (Fsp3) is 0.0435. The van der Waals surface area contributed by atoms with Gasteiger partial charge in [0.15, 0.2) is 0 Å². The maximum Gasteiger partial charge on any atom is 0.344 e. The number of ether oxygens (including phenoxy) is 1. The van der Waals surface area contributed by atoms with Gasteiger partial charge in [-0.15, -0.1) is 0 Å². The molecule has 3 aromatic carbocycles. The summed E-state index contributed by atoms with van der Waals surface area (Å²) in [5.74, 6) is -0.214. The molecule has 4 nitrogen and oxygen atoms in total. The van der Waals surface area contributed by atoms with E-state index in [1.165, 1.54) is 0 Å². The maximum absolute atomic E-state index is 12.6. The fourth-order valence-corrected chi connectivity index (χ4v) is 3.71. The minimum absolute atomic E-state index is 0.292. The molecule has 4 aromatic rings. The second kappa shape index (κ2) is 7.85. The SMILES string of the molecule is Cc1c(-c2ccc(Cl)cc2)c(=O)oc2cc(OC(=O)c3ccccc3Br)ccc12. The summed E-state index contributed by atoms with van der Waals surface area (Å²) in [5, 5.41) is 1.35. The number of esters is 1. The van der Waals surface area contributed by atoms with Crippen molar-refractivity contribution in [2.75, 3.05) is 0 Å². The Morgan fingerprint density at radius 3 is 2.48 bits per heavy atom. The zero-order chi connectivity index (χ0) is 20.5. The first-order chi connectivity index (χ1) is 13.9. The van der Waals surface area contributed by atoms with Crippen molar-refractivity contribution in [3.8, 4) is 16.9 Å². The lowest BCUT2D eigenvalue weighted by molar-refractivity contribution is 0.0734. The Bertz CT molecular complexity index is 1290. The van der Waals surface area contributed by atoms with Crippen molar-refractivity contribution in [2.24, 2.45) is 0 Å². The summed E-state index contributed by atoms with van der Waals surface area (Å²) < 4.78 is 11.6. The van der Waals surface area contributed by atoms with Gasteiger partial charge in [0.1, 0.15) is 11.3 Å². The van der Waals surface area contributed by atoms with Gasteiger partial charge in [-0.1, -0.05) is 35.9 Å². The van der Waals surface area contributed by atoms with E-state index in [0.717, 1.165) is 16.5 Å². The molecule has 0 atom stereocenters.